The summed E-state index contributed by atoms with van der Waals surface area (Å²) in [7, 11) is 0. The molecular formula is C14H19N3S. The Bertz CT molecular complexity index is 506. The van der Waals surface area contributed by atoms with Gasteiger partial charge in [-0.1, -0.05) is 32.0 Å². The van der Waals surface area contributed by atoms with E-state index in [-0.39, 0.29) is 5.25 Å². The number of aromatic nitrogens is 2. The summed E-state index contributed by atoms with van der Waals surface area (Å²) in [6.45, 7) is 7.33. The lowest BCUT2D eigenvalue weighted by molar-refractivity contribution is 0.305. The molecule has 1 aromatic carbocycles. The Morgan fingerprint density at radius 3 is 2.61 bits per heavy atom. The van der Waals surface area contributed by atoms with E-state index >= 15 is 0 Å². The molecule has 0 saturated carbocycles. The Labute approximate surface area is 114 Å². The van der Waals surface area contributed by atoms with Gasteiger partial charge in [0, 0.05) is 11.9 Å². The van der Waals surface area contributed by atoms with Crippen molar-refractivity contribution >= 4 is 23.5 Å². The van der Waals surface area contributed by atoms with E-state index in [0.29, 0.717) is 0 Å². The van der Waals surface area contributed by atoms with Gasteiger partial charge in [0.15, 0.2) is 0 Å². The van der Waals surface area contributed by atoms with Gasteiger partial charge in [0.1, 0.15) is 6.33 Å². The van der Waals surface area contributed by atoms with Crippen LogP contribution in [0.2, 0.25) is 0 Å². The van der Waals surface area contributed by atoms with Crippen LogP contribution in [-0.2, 0) is 0 Å². The van der Waals surface area contributed by atoms with Crippen LogP contribution in [0.25, 0.3) is 10.9 Å². The van der Waals surface area contributed by atoms with Crippen molar-refractivity contribution < 1.29 is 0 Å². The summed E-state index contributed by atoms with van der Waals surface area (Å²) in [5, 5.41) is 1.23. The first-order valence-corrected chi connectivity index (χ1v) is 6.88. The lowest BCUT2D eigenvalue weighted by atomic mass is 10.1. The topological polar surface area (TPSA) is 29.0 Å². The number of hydrogen-bond donors (Lipinski definition) is 1. The van der Waals surface area contributed by atoms with E-state index < -0.39 is 0 Å². The Morgan fingerprint density at radius 2 is 1.89 bits per heavy atom. The van der Waals surface area contributed by atoms with Gasteiger partial charge in [-0.25, -0.2) is 9.97 Å². The van der Waals surface area contributed by atoms with Crippen LogP contribution in [0.4, 0.5) is 0 Å². The van der Waals surface area contributed by atoms with Crippen LogP contribution >= 0.6 is 12.6 Å². The highest BCUT2D eigenvalue weighted by molar-refractivity contribution is 7.80. The zero-order chi connectivity index (χ0) is 13.0. The molecule has 1 heterocycles. The predicted octanol–water partition coefficient (Wildman–Crippen LogP) is 2.94. The van der Waals surface area contributed by atoms with Crippen molar-refractivity contribution in [2.75, 3.05) is 19.6 Å². The number of likely N-dealkylation sites (N-methyl/N-ethyl adjacent to an activating group) is 1. The van der Waals surface area contributed by atoms with Crippen molar-refractivity contribution in [3.05, 3.63) is 36.3 Å². The van der Waals surface area contributed by atoms with Crippen molar-refractivity contribution in [3.63, 3.8) is 0 Å². The third-order valence-electron chi connectivity index (χ3n) is 3.21. The normalized spacial score (nSPS) is 13.1. The minimum absolute atomic E-state index is 0.123. The molecule has 2 rings (SSSR count). The summed E-state index contributed by atoms with van der Waals surface area (Å²) >= 11 is 4.71. The maximum atomic E-state index is 4.71. The lowest BCUT2D eigenvalue weighted by Gasteiger charge is -2.22. The standard InChI is InChI=1S/C14H19N3S/c1-3-17(4-2)9-13(18)14-11-7-5-6-8-12(11)15-10-16-14/h5-8,10,13,18H,3-4,9H2,1-2H3. The molecule has 3 nitrogen and oxygen atoms in total. The van der Waals surface area contributed by atoms with Crippen LogP contribution in [0.1, 0.15) is 24.8 Å². The van der Waals surface area contributed by atoms with Gasteiger partial charge in [-0.2, -0.15) is 12.6 Å². The summed E-state index contributed by atoms with van der Waals surface area (Å²) in [5.74, 6) is 0. The van der Waals surface area contributed by atoms with Gasteiger partial charge in [0.05, 0.1) is 16.5 Å². The average molecular weight is 261 g/mol. The van der Waals surface area contributed by atoms with Gasteiger partial charge in [0.2, 0.25) is 0 Å². The Hall–Kier alpha value is -1.13. The van der Waals surface area contributed by atoms with Gasteiger partial charge in [-0.05, 0) is 19.2 Å². The number of benzene rings is 1. The van der Waals surface area contributed by atoms with Gasteiger partial charge < -0.3 is 4.90 Å². The fraction of sp³-hybridized carbons (Fsp3) is 0.429. The minimum Gasteiger partial charge on any atom is -0.302 e. The van der Waals surface area contributed by atoms with Gasteiger partial charge in [0.25, 0.3) is 0 Å². The van der Waals surface area contributed by atoms with Crippen molar-refractivity contribution in [2.24, 2.45) is 0 Å². The molecule has 0 fully saturated rings. The van der Waals surface area contributed by atoms with E-state index in [2.05, 4.69) is 34.8 Å². The van der Waals surface area contributed by atoms with Gasteiger partial charge >= 0.3 is 0 Å². The molecule has 0 radical (unpaired) electrons. The number of para-hydroxylation sites is 1. The third-order valence-corrected chi connectivity index (χ3v) is 3.62. The fourth-order valence-electron chi connectivity index (χ4n) is 2.10. The van der Waals surface area contributed by atoms with Gasteiger partial charge in [-0.15, -0.1) is 0 Å². The molecular weight excluding hydrogens is 242 g/mol. The molecule has 1 aromatic heterocycles. The highest BCUT2D eigenvalue weighted by Gasteiger charge is 2.14. The van der Waals surface area contributed by atoms with E-state index in [0.717, 1.165) is 36.2 Å². The quantitative estimate of drug-likeness (QED) is 0.839. The first-order chi connectivity index (χ1) is 8.76. The summed E-state index contributed by atoms with van der Waals surface area (Å²) in [6.07, 6.45) is 1.63. The molecule has 1 atom stereocenters. The molecule has 0 N–H and O–H groups in total. The molecule has 0 amide bonds. The van der Waals surface area contributed by atoms with Crippen molar-refractivity contribution in [1.82, 2.24) is 14.9 Å². The second kappa shape index (κ2) is 6.16. The zero-order valence-electron chi connectivity index (χ0n) is 10.9. The van der Waals surface area contributed by atoms with Crippen LogP contribution in [0.3, 0.4) is 0 Å². The minimum atomic E-state index is 0.123. The Morgan fingerprint density at radius 1 is 1.17 bits per heavy atom. The molecule has 0 bridgehead atoms. The molecule has 0 aliphatic heterocycles. The van der Waals surface area contributed by atoms with E-state index in [1.165, 1.54) is 0 Å². The smallest absolute Gasteiger partial charge is 0.116 e. The molecule has 4 heteroatoms. The number of nitrogens with zero attached hydrogens (tertiary/aromatic N) is 3. The predicted molar refractivity (Wildman–Crippen MR) is 79.1 cm³/mol. The second-order valence-corrected chi connectivity index (χ2v) is 4.90. The van der Waals surface area contributed by atoms with E-state index in [9.17, 15) is 0 Å². The fourth-order valence-corrected chi connectivity index (χ4v) is 2.54. The molecule has 2 aromatic rings. The second-order valence-electron chi connectivity index (χ2n) is 4.28. The van der Waals surface area contributed by atoms with Crippen LogP contribution < -0.4 is 0 Å². The number of thiol groups is 1. The SMILES string of the molecule is CCN(CC)CC(S)c1ncnc2ccccc12. The molecule has 0 saturated heterocycles. The Balaban J connectivity index is 2.30. The largest absolute Gasteiger partial charge is 0.302 e. The zero-order valence-corrected chi connectivity index (χ0v) is 11.8. The molecule has 96 valence electrons. The highest BCUT2D eigenvalue weighted by Crippen LogP contribution is 2.25. The van der Waals surface area contributed by atoms with Crippen LogP contribution in [0, 0.1) is 0 Å². The van der Waals surface area contributed by atoms with E-state index in [1.54, 1.807) is 6.33 Å². The lowest BCUT2D eigenvalue weighted by Crippen LogP contribution is -2.27. The van der Waals surface area contributed by atoms with Gasteiger partial charge in [-0.3, -0.25) is 0 Å². The first-order valence-electron chi connectivity index (χ1n) is 6.36. The monoisotopic (exact) mass is 261 g/mol. The molecule has 18 heavy (non-hydrogen) atoms. The maximum absolute atomic E-state index is 4.71. The number of fused-ring (bicyclic) bond motifs is 1. The highest BCUT2D eigenvalue weighted by atomic mass is 32.1. The number of rotatable bonds is 5. The average Bonchev–Trinajstić information content (AvgIpc) is 2.43. The molecule has 0 aliphatic carbocycles. The van der Waals surface area contributed by atoms with Crippen molar-refractivity contribution in [2.45, 2.75) is 19.1 Å². The Kier molecular flexibility index (Phi) is 4.55. The summed E-state index contributed by atoms with van der Waals surface area (Å²) in [5.41, 5.74) is 2.01. The summed E-state index contributed by atoms with van der Waals surface area (Å²) in [4.78, 5) is 11.1. The summed E-state index contributed by atoms with van der Waals surface area (Å²) < 4.78 is 0. The molecule has 1 unspecified atom stereocenters. The van der Waals surface area contributed by atoms with Crippen LogP contribution in [0.5, 0.6) is 0 Å². The third kappa shape index (κ3) is 2.82. The molecule has 0 spiro atoms. The van der Waals surface area contributed by atoms with Crippen LogP contribution in [-0.4, -0.2) is 34.5 Å². The number of hydrogen-bond acceptors (Lipinski definition) is 4. The van der Waals surface area contributed by atoms with E-state index in [1.807, 2.05) is 18.2 Å². The summed E-state index contributed by atoms with van der Waals surface area (Å²) in [6, 6.07) is 8.10. The first kappa shape index (κ1) is 13.3. The molecule has 0 aliphatic rings. The van der Waals surface area contributed by atoms with E-state index in [4.69, 9.17) is 12.6 Å². The van der Waals surface area contributed by atoms with Crippen molar-refractivity contribution in [1.29, 1.82) is 0 Å². The maximum Gasteiger partial charge on any atom is 0.116 e. The van der Waals surface area contributed by atoms with Crippen molar-refractivity contribution in [3.8, 4) is 0 Å². The van der Waals surface area contributed by atoms with Crippen LogP contribution in [0.15, 0.2) is 30.6 Å².